The predicted octanol–water partition coefficient (Wildman–Crippen LogP) is 2.96. The Kier molecular flexibility index (Phi) is 7.84. The van der Waals surface area contributed by atoms with Crippen LogP contribution in [0.25, 0.3) is 0 Å². The third-order valence-electron chi connectivity index (χ3n) is 3.44. The van der Waals surface area contributed by atoms with Crippen LogP contribution in [0.4, 0.5) is 5.69 Å². The summed E-state index contributed by atoms with van der Waals surface area (Å²) in [4.78, 5) is 23.8. The Bertz CT molecular complexity index is 805. The van der Waals surface area contributed by atoms with Crippen LogP contribution in [-0.4, -0.2) is 31.7 Å². The van der Waals surface area contributed by atoms with E-state index in [-0.39, 0.29) is 6.42 Å². The number of carbonyl (C=O) groups is 2. The summed E-state index contributed by atoms with van der Waals surface area (Å²) in [6.07, 6.45) is 2.06. The Balaban J connectivity index is 1.83. The van der Waals surface area contributed by atoms with Crippen molar-refractivity contribution in [3.8, 4) is 11.5 Å². The summed E-state index contributed by atoms with van der Waals surface area (Å²) >= 11 is 0. The number of para-hydroxylation sites is 2. The minimum atomic E-state index is -0.517. The summed E-state index contributed by atoms with van der Waals surface area (Å²) in [5, 5.41) is 6.51. The van der Waals surface area contributed by atoms with Gasteiger partial charge in [0.1, 0.15) is 17.9 Å². The molecule has 0 radical (unpaired) electrons. The number of methoxy groups -OCH3 is 1. The highest BCUT2D eigenvalue weighted by atomic mass is 16.5. The molecule has 0 aliphatic carbocycles. The first-order valence-electron chi connectivity index (χ1n) is 8.60. The van der Waals surface area contributed by atoms with Crippen LogP contribution in [0.5, 0.6) is 11.5 Å². The second kappa shape index (κ2) is 10.6. The van der Waals surface area contributed by atoms with Crippen molar-refractivity contribution in [3.05, 3.63) is 54.1 Å². The van der Waals surface area contributed by atoms with E-state index < -0.39 is 11.8 Å². The summed E-state index contributed by atoms with van der Waals surface area (Å²) in [5.41, 5.74) is 3.62. The SMILES string of the molecule is CCCOc1cccc(C=NNC(=O)CC(=O)Nc2ccccc2OC)c1. The number of hydrogen-bond donors (Lipinski definition) is 2. The minimum Gasteiger partial charge on any atom is -0.495 e. The van der Waals surface area contributed by atoms with E-state index in [9.17, 15) is 9.59 Å². The Hall–Kier alpha value is -3.35. The lowest BCUT2D eigenvalue weighted by Gasteiger charge is -2.09. The third-order valence-corrected chi connectivity index (χ3v) is 3.44. The molecule has 2 rings (SSSR count). The zero-order valence-electron chi connectivity index (χ0n) is 15.4. The maximum atomic E-state index is 12.0. The van der Waals surface area contributed by atoms with Gasteiger partial charge >= 0.3 is 0 Å². The number of rotatable bonds is 9. The number of ether oxygens (including phenoxy) is 2. The fraction of sp³-hybridized carbons (Fsp3) is 0.250. The van der Waals surface area contributed by atoms with Gasteiger partial charge in [0.2, 0.25) is 11.8 Å². The molecule has 7 heteroatoms. The number of hydrazone groups is 1. The number of anilines is 1. The molecule has 7 nitrogen and oxygen atoms in total. The van der Waals surface area contributed by atoms with Gasteiger partial charge in [-0.25, -0.2) is 5.43 Å². The molecule has 2 aromatic carbocycles. The summed E-state index contributed by atoms with van der Waals surface area (Å²) in [6.45, 7) is 2.67. The highest BCUT2D eigenvalue weighted by Crippen LogP contribution is 2.22. The van der Waals surface area contributed by atoms with Crippen LogP contribution in [0.1, 0.15) is 25.3 Å². The van der Waals surface area contributed by atoms with Gasteiger partial charge in [0.05, 0.1) is 25.6 Å². The maximum absolute atomic E-state index is 12.0. The lowest BCUT2D eigenvalue weighted by molar-refractivity contribution is -0.126. The van der Waals surface area contributed by atoms with E-state index in [1.165, 1.54) is 13.3 Å². The number of carbonyl (C=O) groups excluding carboxylic acids is 2. The molecule has 0 bridgehead atoms. The van der Waals surface area contributed by atoms with E-state index in [0.29, 0.717) is 18.0 Å². The van der Waals surface area contributed by atoms with Crippen molar-refractivity contribution in [2.24, 2.45) is 5.10 Å². The molecule has 0 aliphatic heterocycles. The summed E-state index contributed by atoms with van der Waals surface area (Å²) < 4.78 is 10.7. The molecular formula is C20H23N3O4. The van der Waals surface area contributed by atoms with Crippen LogP contribution in [0.2, 0.25) is 0 Å². The molecule has 0 aromatic heterocycles. The second-order valence-electron chi connectivity index (χ2n) is 5.64. The van der Waals surface area contributed by atoms with Crippen molar-refractivity contribution in [3.63, 3.8) is 0 Å². The van der Waals surface area contributed by atoms with Gasteiger partial charge in [-0.15, -0.1) is 0 Å². The monoisotopic (exact) mass is 369 g/mol. The van der Waals surface area contributed by atoms with E-state index in [2.05, 4.69) is 15.8 Å². The third kappa shape index (κ3) is 6.81. The van der Waals surface area contributed by atoms with Gasteiger partial charge in [-0.05, 0) is 36.2 Å². The van der Waals surface area contributed by atoms with Gasteiger partial charge in [0, 0.05) is 0 Å². The number of benzene rings is 2. The molecule has 2 amide bonds. The van der Waals surface area contributed by atoms with Crippen molar-refractivity contribution in [1.82, 2.24) is 5.43 Å². The molecule has 0 fully saturated rings. The van der Waals surface area contributed by atoms with Crippen LogP contribution in [0.3, 0.4) is 0 Å². The smallest absolute Gasteiger partial charge is 0.249 e. The second-order valence-corrected chi connectivity index (χ2v) is 5.64. The summed E-state index contributed by atoms with van der Waals surface area (Å²) in [7, 11) is 1.51. The van der Waals surface area contributed by atoms with Gasteiger partial charge in [-0.1, -0.05) is 31.2 Å². The van der Waals surface area contributed by atoms with E-state index in [1.807, 2.05) is 31.2 Å². The van der Waals surface area contributed by atoms with E-state index in [0.717, 1.165) is 17.7 Å². The molecule has 142 valence electrons. The highest BCUT2D eigenvalue weighted by molar-refractivity contribution is 6.04. The normalized spacial score (nSPS) is 10.4. The van der Waals surface area contributed by atoms with Gasteiger partial charge in [-0.2, -0.15) is 5.10 Å². The standard InChI is InChI=1S/C20H23N3O4/c1-3-11-27-16-8-6-7-15(12-16)14-21-23-20(25)13-19(24)22-17-9-4-5-10-18(17)26-2/h4-10,12,14H,3,11,13H2,1-2H3,(H,22,24)(H,23,25). The van der Waals surface area contributed by atoms with Crippen LogP contribution in [0.15, 0.2) is 53.6 Å². The lowest BCUT2D eigenvalue weighted by Crippen LogP contribution is -2.24. The Labute approximate surface area is 158 Å². The van der Waals surface area contributed by atoms with E-state index in [1.54, 1.807) is 24.3 Å². The van der Waals surface area contributed by atoms with Gasteiger partial charge in [0.25, 0.3) is 0 Å². The van der Waals surface area contributed by atoms with Crippen molar-refractivity contribution in [2.45, 2.75) is 19.8 Å². The van der Waals surface area contributed by atoms with E-state index in [4.69, 9.17) is 9.47 Å². The fourth-order valence-electron chi connectivity index (χ4n) is 2.21. The summed E-state index contributed by atoms with van der Waals surface area (Å²) in [5.74, 6) is 0.289. The molecule has 2 aromatic rings. The Morgan fingerprint density at radius 2 is 1.93 bits per heavy atom. The first-order chi connectivity index (χ1) is 13.1. The fourth-order valence-corrected chi connectivity index (χ4v) is 2.21. The molecule has 0 aliphatic rings. The zero-order chi connectivity index (χ0) is 19.5. The molecule has 0 saturated carbocycles. The van der Waals surface area contributed by atoms with Crippen LogP contribution in [0, 0.1) is 0 Å². The largest absolute Gasteiger partial charge is 0.495 e. The Morgan fingerprint density at radius 3 is 2.70 bits per heavy atom. The molecule has 0 saturated heterocycles. The first kappa shape index (κ1) is 20.0. The van der Waals surface area contributed by atoms with Crippen molar-refractivity contribution in [2.75, 3.05) is 19.0 Å². The quantitative estimate of drug-likeness (QED) is 0.404. The van der Waals surface area contributed by atoms with Crippen molar-refractivity contribution >= 4 is 23.7 Å². The lowest BCUT2D eigenvalue weighted by atomic mass is 10.2. The molecule has 2 N–H and O–H groups in total. The topological polar surface area (TPSA) is 89.0 Å². The van der Waals surface area contributed by atoms with Gasteiger partial charge in [-0.3, -0.25) is 9.59 Å². The number of hydrogen-bond acceptors (Lipinski definition) is 5. The van der Waals surface area contributed by atoms with E-state index >= 15 is 0 Å². The minimum absolute atomic E-state index is 0.352. The number of nitrogens with zero attached hydrogens (tertiary/aromatic N) is 1. The average molecular weight is 369 g/mol. The molecule has 27 heavy (non-hydrogen) atoms. The Morgan fingerprint density at radius 1 is 1.11 bits per heavy atom. The predicted molar refractivity (Wildman–Crippen MR) is 104 cm³/mol. The average Bonchev–Trinajstić information content (AvgIpc) is 2.67. The van der Waals surface area contributed by atoms with Crippen LogP contribution in [-0.2, 0) is 9.59 Å². The zero-order valence-corrected chi connectivity index (χ0v) is 15.4. The molecule has 0 heterocycles. The molecule has 0 spiro atoms. The van der Waals surface area contributed by atoms with Crippen LogP contribution >= 0.6 is 0 Å². The van der Waals surface area contributed by atoms with Crippen molar-refractivity contribution < 1.29 is 19.1 Å². The number of nitrogens with one attached hydrogen (secondary N) is 2. The maximum Gasteiger partial charge on any atom is 0.249 e. The number of amides is 2. The first-order valence-corrected chi connectivity index (χ1v) is 8.60. The molecule has 0 atom stereocenters. The molecule has 0 unspecified atom stereocenters. The van der Waals surface area contributed by atoms with Gasteiger partial charge < -0.3 is 14.8 Å². The highest BCUT2D eigenvalue weighted by Gasteiger charge is 2.11. The van der Waals surface area contributed by atoms with Crippen molar-refractivity contribution in [1.29, 1.82) is 0 Å². The van der Waals surface area contributed by atoms with Gasteiger partial charge in [0.15, 0.2) is 0 Å². The summed E-state index contributed by atoms with van der Waals surface area (Å²) in [6, 6.07) is 14.3. The molecular weight excluding hydrogens is 346 g/mol. The van der Waals surface area contributed by atoms with Crippen LogP contribution < -0.4 is 20.2 Å².